The van der Waals surface area contributed by atoms with Crippen molar-refractivity contribution in [3.8, 4) is 0 Å². The highest BCUT2D eigenvalue weighted by molar-refractivity contribution is 7.22. The molecule has 2 heterocycles. The third-order valence-corrected chi connectivity index (χ3v) is 6.79. The zero-order chi connectivity index (χ0) is 26.2. The lowest BCUT2D eigenvalue weighted by atomic mass is 9.96. The summed E-state index contributed by atoms with van der Waals surface area (Å²) in [5.41, 5.74) is 8.69. The zero-order valence-electron chi connectivity index (χ0n) is 19.8. The van der Waals surface area contributed by atoms with E-state index >= 15 is 0 Å². The number of pyridine rings is 1. The van der Waals surface area contributed by atoms with Gasteiger partial charge in [-0.05, 0) is 52.8 Å². The molecule has 0 aliphatic heterocycles. The molecule has 192 valence electrons. The number of carbonyl (C=O) groups is 1. The summed E-state index contributed by atoms with van der Waals surface area (Å²) < 4.78 is 6.45. The number of carbonyl (C=O) groups excluding carboxylic acids is 1. The molecule has 37 heavy (non-hydrogen) atoms. The number of fused-ring (bicyclic) bond motifs is 1. The molecule has 0 spiro atoms. The van der Waals surface area contributed by atoms with E-state index in [1.807, 2.05) is 36.4 Å². The third kappa shape index (κ3) is 7.00. The molecule has 0 saturated carbocycles. The number of aliphatic hydroxyl groups excluding tert-OH is 1. The van der Waals surface area contributed by atoms with Gasteiger partial charge < -0.3 is 25.7 Å². The van der Waals surface area contributed by atoms with Crippen molar-refractivity contribution in [2.75, 3.05) is 18.5 Å². The lowest BCUT2D eigenvalue weighted by Gasteiger charge is -2.23. The minimum Gasteiger partial charge on any atom is -0.457 e. The molecule has 4 N–H and O–H groups in total. The van der Waals surface area contributed by atoms with Crippen LogP contribution in [0.4, 0.5) is 5.00 Å². The number of nitrogens with zero attached hydrogens (tertiary/aromatic N) is 2. The minimum absolute atomic E-state index is 0.0672. The van der Waals surface area contributed by atoms with Crippen LogP contribution in [0.2, 0.25) is 0 Å². The Morgan fingerprint density at radius 2 is 1.97 bits per heavy atom. The molecule has 2 atom stereocenters. The van der Waals surface area contributed by atoms with Crippen molar-refractivity contribution in [1.29, 1.82) is 0 Å². The number of aromatic nitrogens is 1. The Kier molecular flexibility index (Phi) is 8.62. The summed E-state index contributed by atoms with van der Waals surface area (Å²) in [6, 6.07) is 17.9. The summed E-state index contributed by atoms with van der Waals surface area (Å²) in [6.07, 6.45) is 2.92. The number of hydrogen-bond donors (Lipinski definition) is 3. The van der Waals surface area contributed by atoms with Crippen molar-refractivity contribution < 1.29 is 24.6 Å². The summed E-state index contributed by atoms with van der Waals surface area (Å²) in [5, 5.41) is 25.2. The standard InChI is InChI=1S/C26H26N4O6S/c27-14-22(25(31)29-24-13-20-8-10-28-15-23(20)37-24)19-6-4-18(5-7-19)16-35-26(32)21-3-1-2-17(12-21)9-11-36-30(33)34/h1-8,10,12-13,15,22,25,29,31H,9,11,14,16,27H2/t22-,25+/m1/s1. The maximum absolute atomic E-state index is 12.5. The van der Waals surface area contributed by atoms with E-state index in [-0.39, 0.29) is 25.7 Å². The number of hydrogen-bond acceptors (Lipinski definition) is 10. The lowest BCUT2D eigenvalue weighted by molar-refractivity contribution is -0.757. The van der Waals surface area contributed by atoms with Gasteiger partial charge in [-0.3, -0.25) is 4.98 Å². The largest absolute Gasteiger partial charge is 0.457 e. The number of aliphatic hydroxyl groups is 1. The average Bonchev–Trinajstić information content (AvgIpc) is 3.30. The molecule has 11 heteroatoms. The monoisotopic (exact) mass is 522 g/mol. The molecule has 4 rings (SSSR count). The molecule has 0 saturated heterocycles. The smallest absolute Gasteiger partial charge is 0.338 e. The second-order valence-electron chi connectivity index (χ2n) is 8.28. The normalized spacial score (nSPS) is 12.6. The van der Waals surface area contributed by atoms with Crippen molar-refractivity contribution in [2.24, 2.45) is 5.73 Å². The Hall–Kier alpha value is -4.06. The van der Waals surface area contributed by atoms with Crippen molar-refractivity contribution >= 4 is 32.4 Å². The molecular formula is C26H26N4O6S. The van der Waals surface area contributed by atoms with Crippen LogP contribution in [0, 0.1) is 10.1 Å². The summed E-state index contributed by atoms with van der Waals surface area (Å²) in [4.78, 5) is 31.2. The maximum Gasteiger partial charge on any atom is 0.338 e. The van der Waals surface area contributed by atoms with Crippen LogP contribution in [0.1, 0.15) is 33.0 Å². The first kappa shape index (κ1) is 26.0. The summed E-state index contributed by atoms with van der Waals surface area (Å²) >= 11 is 1.51. The molecule has 0 fully saturated rings. The first-order valence-corrected chi connectivity index (χ1v) is 12.3. The highest BCUT2D eigenvalue weighted by Crippen LogP contribution is 2.31. The van der Waals surface area contributed by atoms with Crippen LogP contribution in [0.25, 0.3) is 10.1 Å². The molecular weight excluding hydrogens is 496 g/mol. The predicted octanol–water partition coefficient (Wildman–Crippen LogP) is 3.88. The quantitative estimate of drug-likeness (QED) is 0.109. The van der Waals surface area contributed by atoms with E-state index in [0.717, 1.165) is 31.8 Å². The molecule has 10 nitrogen and oxygen atoms in total. The van der Waals surface area contributed by atoms with Gasteiger partial charge in [0.1, 0.15) is 19.4 Å². The highest BCUT2D eigenvalue weighted by Gasteiger charge is 2.21. The molecule has 0 bridgehead atoms. The maximum atomic E-state index is 12.5. The van der Waals surface area contributed by atoms with Gasteiger partial charge in [0.15, 0.2) is 0 Å². The van der Waals surface area contributed by atoms with Crippen LogP contribution in [0.5, 0.6) is 0 Å². The number of esters is 1. The average molecular weight is 523 g/mol. The molecule has 2 aromatic heterocycles. The number of thiophene rings is 1. The molecule has 0 unspecified atom stereocenters. The second-order valence-corrected chi connectivity index (χ2v) is 9.36. The SMILES string of the molecule is NC[C@H](c1ccc(COC(=O)c2cccc(CCO[N+](=O)[O-])c2)cc1)[C@H](O)Nc1cc2ccncc2s1. The van der Waals surface area contributed by atoms with Gasteiger partial charge in [-0.2, -0.15) is 0 Å². The Bertz CT molecular complexity index is 1330. The zero-order valence-corrected chi connectivity index (χ0v) is 20.6. The molecule has 0 amide bonds. The molecule has 0 aliphatic rings. The fourth-order valence-corrected chi connectivity index (χ4v) is 4.80. The minimum atomic E-state index is -0.891. The van der Waals surface area contributed by atoms with Crippen LogP contribution in [-0.2, 0) is 22.6 Å². The van der Waals surface area contributed by atoms with Crippen LogP contribution in [0.15, 0.2) is 73.1 Å². The van der Waals surface area contributed by atoms with Crippen LogP contribution in [0.3, 0.4) is 0 Å². The number of anilines is 1. The number of benzene rings is 2. The van der Waals surface area contributed by atoms with Crippen molar-refractivity contribution in [3.05, 3.63) is 105 Å². The fraction of sp³-hybridized carbons (Fsp3) is 0.231. The first-order valence-electron chi connectivity index (χ1n) is 11.5. The van der Waals surface area contributed by atoms with Crippen LogP contribution in [-0.4, -0.2) is 40.5 Å². The third-order valence-electron chi connectivity index (χ3n) is 5.78. The van der Waals surface area contributed by atoms with E-state index in [2.05, 4.69) is 15.1 Å². The van der Waals surface area contributed by atoms with Gasteiger partial charge in [0.05, 0.1) is 15.3 Å². The van der Waals surface area contributed by atoms with E-state index in [0.29, 0.717) is 12.0 Å². The van der Waals surface area contributed by atoms with Gasteiger partial charge in [0, 0.05) is 24.9 Å². The number of nitrogens with one attached hydrogen (secondary N) is 1. The van der Waals surface area contributed by atoms with E-state index < -0.39 is 17.3 Å². The Morgan fingerprint density at radius 1 is 1.16 bits per heavy atom. The van der Waals surface area contributed by atoms with Gasteiger partial charge in [0.2, 0.25) is 0 Å². The topological polar surface area (TPSA) is 150 Å². The number of nitrogens with two attached hydrogens (primary N) is 1. The van der Waals surface area contributed by atoms with Gasteiger partial charge in [0.25, 0.3) is 5.09 Å². The molecule has 2 aromatic carbocycles. The van der Waals surface area contributed by atoms with Gasteiger partial charge in [-0.25, -0.2) is 4.79 Å². The summed E-state index contributed by atoms with van der Waals surface area (Å²) in [6.45, 7) is 0.211. The molecule has 0 aliphatic carbocycles. The predicted molar refractivity (Wildman–Crippen MR) is 140 cm³/mol. The van der Waals surface area contributed by atoms with Crippen molar-refractivity contribution in [3.63, 3.8) is 0 Å². The van der Waals surface area contributed by atoms with E-state index in [1.165, 1.54) is 11.3 Å². The van der Waals surface area contributed by atoms with E-state index in [1.54, 1.807) is 36.7 Å². The molecule has 0 radical (unpaired) electrons. The number of ether oxygens (including phenoxy) is 1. The van der Waals surface area contributed by atoms with Gasteiger partial charge >= 0.3 is 5.97 Å². The van der Waals surface area contributed by atoms with Crippen LogP contribution >= 0.6 is 11.3 Å². The highest BCUT2D eigenvalue weighted by atomic mass is 32.1. The Morgan fingerprint density at radius 3 is 2.70 bits per heavy atom. The Labute approximate surface area is 216 Å². The second kappa shape index (κ2) is 12.3. The fourth-order valence-electron chi connectivity index (χ4n) is 3.83. The van der Waals surface area contributed by atoms with Crippen molar-refractivity contribution in [2.45, 2.75) is 25.2 Å². The molecule has 4 aromatic rings. The number of rotatable bonds is 12. The van der Waals surface area contributed by atoms with E-state index in [9.17, 15) is 20.0 Å². The summed E-state index contributed by atoms with van der Waals surface area (Å²) in [7, 11) is 0. The summed E-state index contributed by atoms with van der Waals surface area (Å²) in [5.74, 6) is -0.846. The van der Waals surface area contributed by atoms with Crippen LogP contribution < -0.4 is 11.1 Å². The Balaban J connectivity index is 1.32. The van der Waals surface area contributed by atoms with E-state index in [4.69, 9.17) is 10.5 Å². The lowest BCUT2D eigenvalue weighted by Crippen LogP contribution is -2.32. The first-order chi connectivity index (χ1) is 17.9. The van der Waals surface area contributed by atoms with Gasteiger partial charge in [-0.15, -0.1) is 21.5 Å². The van der Waals surface area contributed by atoms with Crippen molar-refractivity contribution in [1.82, 2.24) is 4.98 Å². The van der Waals surface area contributed by atoms with Gasteiger partial charge in [-0.1, -0.05) is 36.4 Å².